The molecule has 0 aliphatic heterocycles. The van der Waals surface area contributed by atoms with Gasteiger partial charge in [0.25, 0.3) is 0 Å². The van der Waals surface area contributed by atoms with E-state index in [2.05, 4.69) is 32.6 Å². The SMILES string of the molecule is ClCc1cncc(Oc2cccc(I)c2)n1. The summed E-state index contributed by atoms with van der Waals surface area (Å²) in [6.07, 6.45) is 3.19. The Hall–Kier alpha value is -0.880. The first-order valence-corrected chi connectivity index (χ1v) is 6.19. The van der Waals surface area contributed by atoms with Gasteiger partial charge in [0.2, 0.25) is 5.88 Å². The van der Waals surface area contributed by atoms with E-state index in [0.29, 0.717) is 17.5 Å². The normalized spacial score (nSPS) is 10.1. The highest BCUT2D eigenvalue weighted by molar-refractivity contribution is 14.1. The lowest BCUT2D eigenvalue weighted by Crippen LogP contribution is -1.93. The van der Waals surface area contributed by atoms with Crippen LogP contribution >= 0.6 is 34.2 Å². The van der Waals surface area contributed by atoms with E-state index < -0.39 is 0 Å². The Morgan fingerprint density at radius 3 is 2.94 bits per heavy atom. The topological polar surface area (TPSA) is 35.0 Å². The van der Waals surface area contributed by atoms with Crippen molar-refractivity contribution in [3.8, 4) is 11.6 Å². The molecule has 0 spiro atoms. The molecule has 2 aromatic rings. The van der Waals surface area contributed by atoms with Crippen molar-refractivity contribution in [2.75, 3.05) is 0 Å². The van der Waals surface area contributed by atoms with Crippen LogP contribution in [-0.2, 0) is 5.88 Å². The number of halogens is 2. The Morgan fingerprint density at radius 1 is 1.31 bits per heavy atom. The van der Waals surface area contributed by atoms with Crippen LogP contribution in [0.25, 0.3) is 0 Å². The van der Waals surface area contributed by atoms with E-state index in [1.165, 1.54) is 0 Å². The van der Waals surface area contributed by atoms with Gasteiger partial charge < -0.3 is 4.74 Å². The maximum absolute atomic E-state index is 5.67. The third kappa shape index (κ3) is 3.05. The quantitative estimate of drug-likeness (QED) is 0.629. The molecule has 1 aromatic heterocycles. The molecule has 0 N–H and O–H groups in total. The number of hydrogen-bond acceptors (Lipinski definition) is 3. The number of aromatic nitrogens is 2. The first-order valence-electron chi connectivity index (χ1n) is 4.58. The second-order valence-corrected chi connectivity index (χ2v) is 4.55. The van der Waals surface area contributed by atoms with Crippen molar-refractivity contribution in [2.45, 2.75) is 5.88 Å². The Bertz CT molecular complexity index is 493. The Kier molecular flexibility index (Phi) is 3.95. The van der Waals surface area contributed by atoms with Crippen molar-refractivity contribution in [1.29, 1.82) is 0 Å². The van der Waals surface area contributed by atoms with Crippen LogP contribution < -0.4 is 4.74 Å². The average molecular weight is 347 g/mol. The predicted molar refractivity (Wildman–Crippen MR) is 70.8 cm³/mol. The molecule has 2 rings (SSSR count). The third-order valence-electron chi connectivity index (χ3n) is 1.82. The summed E-state index contributed by atoms with van der Waals surface area (Å²) in [6, 6.07) is 7.72. The highest BCUT2D eigenvalue weighted by atomic mass is 127. The van der Waals surface area contributed by atoms with Gasteiger partial charge in [0.05, 0.1) is 17.8 Å². The van der Waals surface area contributed by atoms with Crippen LogP contribution in [0.4, 0.5) is 0 Å². The number of benzene rings is 1. The molecule has 0 fully saturated rings. The van der Waals surface area contributed by atoms with Gasteiger partial charge in [-0.1, -0.05) is 6.07 Å². The zero-order valence-corrected chi connectivity index (χ0v) is 11.1. The molecule has 0 radical (unpaired) electrons. The summed E-state index contributed by atoms with van der Waals surface area (Å²) in [4.78, 5) is 8.20. The van der Waals surface area contributed by atoms with Gasteiger partial charge in [0.1, 0.15) is 5.75 Å². The van der Waals surface area contributed by atoms with E-state index in [4.69, 9.17) is 16.3 Å². The van der Waals surface area contributed by atoms with Crippen LogP contribution in [0.3, 0.4) is 0 Å². The van der Waals surface area contributed by atoms with Crippen LogP contribution in [0.5, 0.6) is 11.6 Å². The number of rotatable bonds is 3. The van der Waals surface area contributed by atoms with Crippen molar-refractivity contribution in [3.05, 3.63) is 45.9 Å². The second-order valence-electron chi connectivity index (χ2n) is 3.04. The maximum atomic E-state index is 5.67. The highest BCUT2D eigenvalue weighted by Crippen LogP contribution is 2.20. The molecule has 3 nitrogen and oxygen atoms in total. The minimum absolute atomic E-state index is 0.330. The standard InChI is InChI=1S/C11H8ClIN2O/c12-5-9-6-14-7-11(15-9)16-10-3-1-2-8(13)4-10/h1-4,6-7H,5H2. The van der Waals surface area contributed by atoms with Crippen LogP contribution in [0.1, 0.15) is 5.69 Å². The number of hydrogen-bond donors (Lipinski definition) is 0. The predicted octanol–water partition coefficient (Wildman–Crippen LogP) is 3.61. The van der Waals surface area contributed by atoms with E-state index in [1.807, 2.05) is 24.3 Å². The summed E-state index contributed by atoms with van der Waals surface area (Å²) in [5.74, 6) is 1.53. The van der Waals surface area contributed by atoms with Gasteiger partial charge >= 0.3 is 0 Å². The molecule has 16 heavy (non-hydrogen) atoms. The minimum Gasteiger partial charge on any atom is -0.437 e. The Labute approximate surface area is 112 Å². The van der Waals surface area contributed by atoms with Crippen LogP contribution in [0, 0.1) is 3.57 Å². The van der Waals surface area contributed by atoms with Crippen LogP contribution in [0.15, 0.2) is 36.7 Å². The van der Waals surface area contributed by atoms with E-state index in [9.17, 15) is 0 Å². The smallest absolute Gasteiger partial charge is 0.238 e. The summed E-state index contributed by atoms with van der Waals surface area (Å²) in [6.45, 7) is 0. The molecule has 0 aliphatic rings. The van der Waals surface area contributed by atoms with Crippen molar-refractivity contribution in [3.63, 3.8) is 0 Å². The third-order valence-corrected chi connectivity index (χ3v) is 2.76. The fourth-order valence-electron chi connectivity index (χ4n) is 1.15. The second kappa shape index (κ2) is 5.45. The van der Waals surface area contributed by atoms with Crippen molar-refractivity contribution in [2.24, 2.45) is 0 Å². The zero-order valence-electron chi connectivity index (χ0n) is 8.23. The lowest BCUT2D eigenvalue weighted by atomic mass is 10.3. The number of alkyl halides is 1. The summed E-state index contributed by atoms with van der Waals surface area (Å²) >= 11 is 7.89. The largest absolute Gasteiger partial charge is 0.437 e. The molecule has 5 heteroatoms. The molecule has 0 atom stereocenters. The molecular weight excluding hydrogens is 338 g/mol. The van der Waals surface area contributed by atoms with E-state index >= 15 is 0 Å². The first kappa shape index (κ1) is 11.6. The molecule has 0 aliphatic carbocycles. The van der Waals surface area contributed by atoms with Crippen molar-refractivity contribution < 1.29 is 4.74 Å². The summed E-state index contributed by atoms with van der Waals surface area (Å²) < 4.78 is 6.67. The maximum Gasteiger partial charge on any atom is 0.238 e. The van der Waals surface area contributed by atoms with Gasteiger partial charge in [-0.2, -0.15) is 0 Å². The van der Waals surface area contributed by atoms with Gasteiger partial charge in [0.15, 0.2) is 0 Å². The Balaban J connectivity index is 2.20. The molecular formula is C11H8ClIN2O. The molecule has 0 saturated heterocycles. The molecule has 0 amide bonds. The van der Waals surface area contributed by atoms with E-state index in [1.54, 1.807) is 12.4 Å². The molecule has 0 saturated carbocycles. The Morgan fingerprint density at radius 2 is 2.19 bits per heavy atom. The molecule has 1 heterocycles. The van der Waals surface area contributed by atoms with Gasteiger partial charge in [-0.05, 0) is 40.8 Å². The van der Waals surface area contributed by atoms with Crippen LogP contribution in [0.2, 0.25) is 0 Å². The van der Waals surface area contributed by atoms with Crippen molar-refractivity contribution in [1.82, 2.24) is 9.97 Å². The van der Waals surface area contributed by atoms with Crippen molar-refractivity contribution >= 4 is 34.2 Å². The fraction of sp³-hybridized carbons (Fsp3) is 0.0909. The van der Waals surface area contributed by atoms with Crippen LogP contribution in [-0.4, -0.2) is 9.97 Å². The number of nitrogens with zero attached hydrogens (tertiary/aromatic N) is 2. The summed E-state index contributed by atoms with van der Waals surface area (Å²) in [5, 5.41) is 0. The first-order chi connectivity index (χ1) is 7.78. The molecule has 82 valence electrons. The molecule has 0 bridgehead atoms. The summed E-state index contributed by atoms with van der Waals surface area (Å²) in [5.41, 5.74) is 0.699. The van der Waals surface area contributed by atoms with Gasteiger partial charge in [0, 0.05) is 9.77 Å². The molecule has 1 aromatic carbocycles. The minimum atomic E-state index is 0.330. The molecule has 0 unspecified atom stereocenters. The zero-order chi connectivity index (χ0) is 11.4. The average Bonchev–Trinajstić information content (AvgIpc) is 2.29. The fourth-order valence-corrected chi connectivity index (χ4v) is 1.79. The van der Waals surface area contributed by atoms with E-state index in [-0.39, 0.29) is 0 Å². The lowest BCUT2D eigenvalue weighted by molar-refractivity contribution is 0.458. The van der Waals surface area contributed by atoms with Gasteiger partial charge in [-0.25, -0.2) is 4.98 Å². The highest BCUT2D eigenvalue weighted by Gasteiger charge is 2.01. The number of ether oxygens (including phenoxy) is 1. The van der Waals surface area contributed by atoms with E-state index in [0.717, 1.165) is 9.32 Å². The van der Waals surface area contributed by atoms with Gasteiger partial charge in [-0.15, -0.1) is 11.6 Å². The summed E-state index contributed by atoms with van der Waals surface area (Å²) in [7, 11) is 0. The van der Waals surface area contributed by atoms with Gasteiger partial charge in [-0.3, -0.25) is 4.98 Å². The lowest BCUT2D eigenvalue weighted by Gasteiger charge is -2.05. The monoisotopic (exact) mass is 346 g/mol.